The molecule has 1 aromatic rings. The molecule has 1 aliphatic rings. The Morgan fingerprint density at radius 2 is 2.26 bits per heavy atom. The van der Waals surface area contributed by atoms with E-state index >= 15 is 0 Å². The zero-order chi connectivity index (χ0) is 13.1. The van der Waals surface area contributed by atoms with Crippen LogP contribution in [0.3, 0.4) is 0 Å². The van der Waals surface area contributed by atoms with Crippen molar-refractivity contribution in [3.05, 3.63) is 26.9 Å². The third kappa shape index (κ3) is 4.33. The van der Waals surface area contributed by atoms with E-state index in [1.165, 1.54) is 6.08 Å². The lowest BCUT2D eigenvalue weighted by atomic mass is 10.1. The van der Waals surface area contributed by atoms with Gasteiger partial charge in [0.1, 0.15) is 0 Å². The topological polar surface area (TPSA) is 57.6 Å². The average Bonchev–Trinajstić information content (AvgIpc) is 2.94. The number of rotatable bonds is 3. The number of carbonyl (C=O) groups is 2. The summed E-state index contributed by atoms with van der Waals surface area (Å²) in [7, 11) is 0. The summed E-state index contributed by atoms with van der Waals surface area (Å²) in [6.45, 7) is 0.833. The summed E-state index contributed by atoms with van der Waals surface area (Å²) in [5, 5.41) is 10.8. The van der Waals surface area contributed by atoms with E-state index in [1.54, 1.807) is 22.3 Å². The summed E-state index contributed by atoms with van der Waals surface area (Å²) < 4.78 is 1.02. The minimum absolute atomic E-state index is 0. The van der Waals surface area contributed by atoms with Crippen LogP contribution in [-0.4, -0.2) is 35.0 Å². The van der Waals surface area contributed by atoms with E-state index in [1.807, 2.05) is 11.4 Å². The van der Waals surface area contributed by atoms with E-state index in [2.05, 4.69) is 15.9 Å². The molecule has 1 aliphatic heterocycles. The van der Waals surface area contributed by atoms with E-state index in [4.69, 9.17) is 5.11 Å². The lowest BCUT2D eigenvalue weighted by Crippen LogP contribution is -2.28. The summed E-state index contributed by atoms with van der Waals surface area (Å²) in [6, 6.07) is 1.93. The Hall–Kier alpha value is -0.850. The summed E-state index contributed by atoms with van der Waals surface area (Å²) >= 11 is 4.91. The van der Waals surface area contributed by atoms with Gasteiger partial charge in [-0.1, -0.05) is 0 Å². The quantitative estimate of drug-likeness (QED) is 0.837. The highest BCUT2D eigenvalue weighted by atomic mass is 79.9. The molecule has 0 spiro atoms. The molecule has 1 fully saturated rings. The molecule has 0 bridgehead atoms. The van der Waals surface area contributed by atoms with Gasteiger partial charge in [-0.05, 0) is 45.4 Å². The van der Waals surface area contributed by atoms with E-state index < -0.39 is 11.9 Å². The summed E-state index contributed by atoms with van der Waals surface area (Å²) in [6.07, 6.45) is 3.79. The summed E-state index contributed by atoms with van der Waals surface area (Å²) in [5.41, 5.74) is 0.967. The van der Waals surface area contributed by atoms with Crippen LogP contribution in [0.2, 0.25) is 0 Å². The highest BCUT2D eigenvalue weighted by Crippen LogP contribution is 2.22. The predicted molar refractivity (Wildman–Crippen MR) is 80.6 cm³/mol. The van der Waals surface area contributed by atoms with Gasteiger partial charge in [0, 0.05) is 19.2 Å². The predicted octanol–water partition coefficient (Wildman–Crippen LogP) is 2.88. The van der Waals surface area contributed by atoms with Crippen molar-refractivity contribution in [1.82, 2.24) is 4.90 Å². The second kappa shape index (κ2) is 7.07. The number of hydrogen-bond donors (Lipinski definition) is 1. The molecule has 0 aliphatic carbocycles. The smallest absolute Gasteiger partial charge is 0.308 e. The van der Waals surface area contributed by atoms with Gasteiger partial charge in [-0.3, -0.25) is 9.59 Å². The highest BCUT2D eigenvalue weighted by Gasteiger charge is 2.29. The van der Waals surface area contributed by atoms with Crippen molar-refractivity contribution in [2.24, 2.45) is 5.92 Å². The summed E-state index contributed by atoms with van der Waals surface area (Å²) in [4.78, 5) is 24.2. The van der Waals surface area contributed by atoms with E-state index in [0.717, 1.165) is 9.35 Å². The van der Waals surface area contributed by atoms with E-state index in [0.29, 0.717) is 19.5 Å². The molecule has 104 valence electrons. The van der Waals surface area contributed by atoms with Gasteiger partial charge < -0.3 is 10.0 Å². The van der Waals surface area contributed by atoms with Crippen LogP contribution < -0.4 is 0 Å². The molecular formula is C12H13BrClNO3S. The maximum atomic E-state index is 11.8. The number of amides is 1. The Kier molecular flexibility index (Phi) is 6.03. The van der Waals surface area contributed by atoms with Gasteiger partial charge in [0.2, 0.25) is 5.91 Å². The number of aliphatic carboxylic acids is 1. The van der Waals surface area contributed by atoms with Crippen molar-refractivity contribution in [3.63, 3.8) is 0 Å². The molecular weight excluding hydrogens is 354 g/mol. The van der Waals surface area contributed by atoms with Crippen molar-refractivity contribution in [2.75, 3.05) is 13.1 Å². The molecule has 1 saturated heterocycles. The second-order valence-electron chi connectivity index (χ2n) is 4.13. The third-order valence-corrected chi connectivity index (χ3v) is 4.38. The van der Waals surface area contributed by atoms with Gasteiger partial charge in [0.25, 0.3) is 0 Å². The van der Waals surface area contributed by atoms with Crippen LogP contribution in [-0.2, 0) is 9.59 Å². The van der Waals surface area contributed by atoms with Crippen molar-refractivity contribution in [1.29, 1.82) is 0 Å². The first-order valence-electron chi connectivity index (χ1n) is 5.50. The van der Waals surface area contributed by atoms with Crippen LogP contribution in [0.4, 0.5) is 0 Å². The Morgan fingerprint density at radius 3 is 2.79 bits per heavy atom. The minimum Gasteiger partial charge on any atom is -0.481 e. The first kappa shape index (κ1) is 16.2. The van der Waals surface area contributed by atoms with Crippen LogP contribution in [0.25, 0.3) is 6.08 Å². The fourth-order valence-electron chi connectivity index (χ4n) is 1.85. The Morgan fingerprint density at radius 1 is 1.53 bits per heavy atom. The molecule has 1 N–H and O–H groups in total. The number of likely N-dealkylation sites (tertiary alicyclic amines) is 1. The molecule has 1 unspecified atom stereocenters. The van der Waals surface area contributed by atoms with Gasteiger partial charge in [-0.2, -0.15) is 0 Å². The molecule has 19 heavy (non-hydrogen) atoms. The summed E-state index contributed by atoms with van der Waals surface area (Å²) in [5.74, 6) is -1.37. The van der Waals surface area contributed by atoms with Crippen LogP contribution >= 0.6 is 39.7 Å². The Balaban J connectivity index is 0.00000180. The number of halogens is 2. The van der Waals surface area contributed by atoms with Crippen molar-refractivity contribution >= 4 is 57.6 Å². The van der Waals surface area contributed by atoms with Gasteiger partial charge in [-0.25, -0.2) is 0 Å². The molecule has 0 aromatic carbocycles. The maximum Gasteiger partial charge on any atom is 0.308 e. The molecule has 4 nitrogen and oxygen atoms in total. The first-order chi connectivity index (χ1) is 8.56. The van der Waals surface area contributed by atoms with Crippen molar-refractivity contribution in [2.45, 2.75) is 6.42 Å². The zero-order valence-electron chi connectivity index (χ0n) is 9.91. The number of thiophene rings is 1. The number of carbonyl (C=O) groups excluding carboxylic acids is 1. The van der Waals surface area contributed by atoms with Crippen molar-refractivity contribution in [3.8, 4) is 0 Å². The van der Waals surface area contributed by atoms with Crippen LogP contribution in [0.15, 0.2) is 21.3 Å². The fourth-order valence-corrected chi connectivity index (χ4v) is 2.99. The highest BCUT2D eigenvalue weighted by molar-refractivity contribution is 9.11. The van der Waals surface area contributed by atoms with Crippen LogP contribution in [0.5, 0.6) is 0 Å². The number of carboxylic acids is 1. The molecule has 1 atom stereocenters. The molecule has 2 rings (SSSR count). The minimum atomic E-state index is -0.823. The van der Waals surface area contributed by atoms with Crippen molar-refractivity contribution < 1.29 is 14.7 Å². The zero-order valence-corrected chi connectivity index (χ0v) is 13.1. The Bertz CT molecular complexity index is 503. The molecule has 0 saturated carbocycles. The molecule has 7 heteroatoms. The van der Waals surface area contributed by atoms with Gasteiger partial charge >= 0.3 is 5.97 Å². The van der Waals surface area contributed by atoms with Gasteiger partial charge in [-0.15, -0.1) is 23.7 Å². The van der Waals surface area contributed by atoms with E-state index in [9.17, 15) is 9.59 Å². The van der Waals surface area contributed by atoms with Crippen LogP contribution in [0, 0.1) is 5.92 Å². The number of nitrogens with zero attached hydrogens (tertiary/aromatic N) is 1. The first-order valence-corrected chi connectivity index (χ1v) is 7.17. The lowest BCUT2D eigenvalue weighted by molar-refractivity contribution is -0.141. The SMILES string of the molecule is Cl.O=C(O)C1CCN(C(=O)/C=C/c2csc(Br)c2)C1. The van der Waals surface area contributed by atoms with Gasteiger partial charge in [0.15, 0.2) is 0 Å². The largest absolute Gasteiger partial charge is 0.481 e. The monoisotopic (exact) mass is 365 g/mol. The average molecular weight is 367 g/mol. The standard InChI is InChI=1S/C12H12BrNO3S.ClH/c13-10-5-8(7-18-10)1-2-11(15)14-4-3-9(6-14)12(16)17;/h1-2,5,7,9H,3-4,6H2,(H,16,17);1H/b2-1+;. The number of carboxylic acid groups (broad SMARTS) is 1. The van der Waals surface area contributed by atoms with E-state index in [-0.39, 0.29) is 18.3 Å². The normalized spacial score (nSPS) is 18.6. The van der Waals surface area contributed by atoms with Crippen LogP contribution in [0.1, 0.15) is 12.0 Å². The fraction of sp³-hybridized carbons (Fsp3) is 0.333. The molecule has 0 radical (unpaired) electrons. The molecule has 1 amide bonds. The second-order valence-corrected chi connectivity index (χ2v) is 6.42. The Labute approximate surface area is 129 Å². The maximum absolute atomic E-state index is 11.8. The van der Waals surface area contributed by atoms with Gasteiger partial charge in [0.05, 0.1) is 9.70 Å². The molecule has 2 heterocycles. The number of hydrogen-bond acceptors (Lipinski definition) is 3. The molecule has 1 aromatic heterocycles. The lowest BCUT2D eigenvalue weighted by Gasteiger charge is -2.12. The third-order valence-electron chi connectivity index (χ3n) is 2.86.